The Kier molecular flexibility index (Phi) is 5.43. The topological polar surface area (TPSA) is 75.4 Å². The number of hydrogen-bond donors (Lipinski definition) is 1. The second-order valence-corrected chi connectivity index (χ2v) is 7.11. The number of aromatic nitrogens is 1. The van der Waals surface area contributed by atoms with Crippen LogP contribution in [0.15, 0.2) is 34.9 Å². The molecule has 1 aromatic carbocycles. The van der Waals surface area contributed by atoms with Gasteiger partial charge in [-0.1, -0.05) is 29.4 Å². The summed E-state index contributed by atoms with van der Waals surface area (Å²) < 4.78 is 4.89. The lowest BCUT2D eigenvalue weighted by Crippen LogP contribution is -2.32. The summed E-state index contributed by atoms with van der Waals surface area (Å²) in [6.07, 6.45) is 1.96. The molecule has 1 N–H and O–H groups in total. The number of aryl methyl sites for hydroxylation is 2. The maximum atomic E-state index is 12.4. The maximum Gasteiger partial charge on any atom is 0.235 e. The highest BCUT2D eigenvalue weighted by Gasteiger charge is 2.28. The van der Waals surface area contributed by atoms with E-state index in [0.29, 0.717) is 11.6 Å². The highest BCUT2D eigenvalue weighted by atomic mass is 32.2. The second kappa shape index (κ2) is 7.74. The van der Waals surface area contributed by atoms with Gasteiger partial charge in [-0.25, -0.2) is 0 Å². The number of hydrogen-bond acceptors (Lipinski definition) is 5. The molecule has 0 radical (unpaired) electrons. The molecule has 2 amide bonds. The van der Waals surface area contributed by atoms with E-state index in [0.717, 1.165) is 12.8 Å². The lowest BCUT2D eigenvalue weighted by molar-refractivity contribution is -0.129. The minimum atomic E-state index is -0.194. The van der Waals surface area contributed by atoms with E-state index in [1.165, 1.54) is 22.9 Å². The molecule has 0 fully saturated rings. The van der Waals surface area contributed by atoms with Gasteiger partial charge in [0.15, 0.2) is 5.82 Å². The van der Waals surface area contributed by atoms with E-state index < -0.39 is 0 Å². The minimum absolute atomic E-state index is 0.0387. The van der Waals surface area contributed by atoms with Gasteiger partial charge in [0, 0.05) is 13.1 Å². The van der Waals surface area contributed by atoms with Gasteiger partial charge >= 0.3 is 0 Å². The fourth-order valence-electron chi connectivity index (χ4n) is 3.05. The van der Waals surface area contributed by atoms with Gasteiger partial charge in [-0.3, -0.25) is 9.59 Å². The third kappa shape index (κ3) is 4.22. The largest absolute Gasteiger partial charge is 0.360 e. The quantitative estimate of drug-likeness (QED) is 0.858. The molecule has 6 nitrogen and oxygen atoms in total. The van der Waals surface area contributed by atoms with Gasteiger partial charge < -0.3 is 14.7 Å². The number of nitrogens with zero attached hydrogens (tertiary/aromatic N) is 2. The standard InChI is InChI=1S/C18H21N3O3S/c1-12-9-16(20-24-12)19-17(22)10-25-11-18(23)21(2)15-8-7-13-5-3-4-6-14(13)15/h3-6,9,15H,7-8,10-11H2,1-2H3,(H,19,20,22). The minimum Gasteiger partial charge on any atom is -0.360 e. The molecule has 2 aromatic rings. The summed E-state index contributed by atoms with van der Waals surface area (Å²) in [5, 5.41) is 6.35. The van der Waals surface area contributed by atoms with Gasteiger partial charge in [0.05, 0.1) is 17.5 Å². The van der Waals surface area contributed by atoms with Gasteiger partial charge in [0.25, 0.3) is 0 Å². The zero-order valence-electron chi connectivity index (χ0n) is 14.3. The van der Waals surface area contributed by atoms with Crippen LogP contribution >= 0.6 is 11.8 Å². The van der Waals surface area contributed by atoms with Crippen molar-refractivity contribution >= 4 is 29.4 Å². The van der Waals surface area contributed by atoms with Crippen LogP contribution < -0.4 is 5.32 Å². The Morgan fingerprint density at radius 1 is 1.36 bits per heavy atom. The second-order valence-electron chi connectivity index (χ2n) is 6.12. The SMILES string of the molecule is Cc1cc(NC(=O)CSCC(=O)N(C)C2CCc3ccccc32)no1. The van der Waals surface area contributed by atoms with E-state index >= 15 is 0 Å². The highest BCUT2D eigenvalue weighted by molar-refractivity contribution is 8.00. The van der Waals surface area contributed by atoms with Crippen LogP contribution in [-0.2, 0) is 16.0 Å². The number of rotatable bonds is 6. The summed E-state index contributed by atoms with van der Waals surface area (Å²) in [5.41, 5.74) is 2.56. The Morgan fingerprint density at radius 3 is 2.92 bits per heavy atom. The van der Waals surface area contributed by atoms with E-state index in [4.69, 9.17) is 4.52 Å². The fourth-order valence-corrected chi connectivity index (χ4v) is 3.79. The molecule has 1 atom stereocenters. The molecule has 0 saturated heterocycles. The molecule has 0 spiro atoms. The summed E-state index contributed by atoms with van der Waals surface area (Å²) in [6.45, 7) is 1.76. The first kappa shape index (κ1) is 17.5. The summed E-state index contributed by atoms with van der Waals surface area (Å²) in [7, 11) is 1.84. The summed E-state index contributed by atoms with van der Waals surface area (Å²) in [5.74, 6) is 1.36. The van der Waals surface area contributed by atoms with Crippen molar-refractivity contribution in [2.24, 2.45) is 0 Å². The molecule has 1 aliphatic rings. The normalized spacial score (nSPS) is 15.7. The molecule has 1 aliphatic carbocycles. The van der Waals surface area contributed by atoms with Crippen molar-refractivity contribution in [1.82, 2.24) is 10.1 Å². The third-order valence-electron chi connectivity index (χ3n) is 4.32. The fraction of sp³-hybridized carbons (Fsp3) is 0.389. The Balaban J connectivity index is 1.45. The van der Waals surface area contributed by atoms with E-state index in [1.54, 1.807) is 17.9 Å². The average Bonchev–Trinajstić information content (AvgIpc) is 3.20. The van der Waals surface area contributed by atoms with Crippen LogP contribution in [0.2, 0.25) is 0 Å². The molecule has 1 unspecified atom stereocenters. The third-order valence-corrected chi connectivity index (χ3v) is 5.23. The molecule has 1 aromatic heterocycles. The van der Waals surface area contributed by atoms with E-state index in [1.807, 2.05) is 19.2 Å². The highest BCUT2D eigenvalue weighted by Crippen LogP contribution is 2.34. The molecule has 0 saturated carbocycles. The van der Waals surface area contributed by atoms with Crippen molar-refractivity contribution in [2.45, 2.75) is 25.8 Å². The van der Waals surface area contributed by atoms with Crippen LogP contribution in [-0.4, -0.2) is 40.4 Å². The first-order valence-corrected chi connectivity index (χ1v) is 9.34. The van der Waals surface area contributed by atoms with Gasteiger partial charge in [-0.2, -0.15) is 0 Å². The Bertz CT molecular complexity index is 774. The molecular weight excluding hydrogens is 338 g/mol. The zero-order chi connectivity index (χ0) is 17.8. The van der Waals surface area contributed by atoms with Crippen LogP contribution in [0.3, 0.4) is 0 Å². The van der Waals surface area contributed by atoms with E-state index in [2.05, 4.69) is 22.6 Å². The van der Waals surface area contributed by atoms with Gasteiger partial charge in [0.1, 0.15) is 5.76 Å². The number of carbonyl (C=O) groups excluding carboxylic acids is 2. The van der Waals surface area contributed by atoms with Crippen molar-refractivity contribution < 1.29 is 14.1 Å². The molecular formula is C18H21N3O3S. The van der Waals surface area contributed by atoms with Gasteiger partial charge in [-0.05, 0) is 30.9 Å². The van der Waals surface area contributed by atoms with Crippen LogP contribution in [0, 0.1) is 6.92 Å². The molecule has 0 aliphatic heterocycles. The lowest BCUT2D eigenvalue weighted by Gasteiger charge is -2.25. The molecule has 25 heavy (non-hydrogen) atoms. The average molecular weight is 359 g/mol. The number of amides is 2. The molecule has 0 bridgehead atoms. The van der Waals surface area contributed by atoms with Crippen molar-refractivity contribution in [3.8, 4) is 0 Å². The monoisotopic (exact) mass is 359 g/mol. The van der Waals surface area contributed by atoms with E-state index in [9.17, 15) is 9.59 Å². The summed E-state index contributed by atoms with van der Waals surface area (Å²) in [4.78, 5) is 26.1. The predicted molar refractivity (Wildman–Crippen MR) is 97.5 cm³/mol. The van der Waals surface area contributed by atoms with Crippen molar-refractivity contribution in [1.29, 1.82) is 0 Å². The first-order valence-electron chi connectivity index (χ1n) is 8.19. The van der Waals surface area contributed by atoms with Crippen LogP contribution in [0.5, 0.6) is 0 Å². The van der Waals surface area contributed by atoms with E-state index in [-0.39, 0.29) is 29.4 Å². The molecule has 3 rings (SSSR count). The first-order chi connectivity index (χ1) is 12.0. The maximum absolute atomic E-state index is 12.4. The lowest BCUT2D eigenvalue weighted by atomic mass is 10.1. The number of carbonyl (C=O) groups is 2. The predicted octanol–water partition coefficient (Wildman–Crippen LogP) is 2.80. The number of benzene rings is 1. The molecule has 1 heterocycles. The van der Waals surface area contributed by atoms with Crippen LogP contribution in [0.1, 0.15) is 29.3 Å². The summed E-state index contributed by atoms with van der Waals surface area (Å²) >= 11 is 1.30. The number of nitrogens with one attached hydrogen (secondary N) is 1. The smallest absolute Gasteiger partial charge is 0.235 e. The van der Waals surface area contributed by atoms with Gasteiger partial charge in [-0.15, -0.1) is 11.8 Å². The van der Waals surface area contributed by atoms with Crippen molar-refractivity contribution in [2.75, 3.05) is 23.9 Å². The zero-order valence-corrected chi connectivity index (χ0v) is 15.1. The Morgan fingerprint density at radius 2 is 2.16 bits per heavy atom. The van der Waals surface area contributed by atoms with Gasteiger partial charge in [0.2, 0.25) is 11.8 Å². The number of thioether (sulfide) groups is 1. The summed E-state index contributed by atoms with van der Waals surface area (Å²) in [6, 6.07) is 10.1. The Labute approximate surface area is 150 Å². The number of fused-ring (bicyclic) bond motifs is 1. The Hall–Kier alpha value is -2.28. The van der Waals surface area contributed by atoms with Crippen molar-refractivity contribution in [3.63, 3.8) is 0 Å². The van der Waals surface area contributed by atoms with Crippen LogP contribution in [0.25, 0.3) is 0 Å². The number of anilines is 1. The molecule has 7 heteroatoms. The van der Waals surface area contributed by atoms with Crippen molar-refractivity contribution in [3.05, 3.63) is 47.2 Å². The van der Waals surface area contributed by atoms with Crippen LogP contribution in [0.4, 0.5) is 5.82 Å². The molecule has 132 valence electrons.